The number of benzene rings is 4. The van der Waals surface area contributed by atoms with E-state index in [1.807, 2.05) is 12.1 Å². The van der Waals surface area contributed by atoms with Crippen molar-refractivity contribution >= 4 is 53.3 Å². The van der Waals surface area contributed by atoms with Gasteiger partial charge in [0.25, 0.3) is 5.91 Å². The van der Waals surface area contributed by atoms with Crippen LogP contribution in [0.1, 0.15) is 60.6 Å². The summed E-state index contributed by atoms with van der Waals surface area (Å²) in [6.45, 7) is 2.80. The number of nitrogens with two attached hydrogens (primary N) is 1. The van der Waals surface area contributed by atoms with E-state index in [1.165, 1.54) is 57.3 Å². The number of nitrogens with one attached hydrogen (secondary N) is 5. The SMILES string of the molecule is C[C@H](NC(=O)[C@@H]1Cc2ccc(O)c(c2)-c2cc(ccc2O)[C@H](N(C)C(=O)[C@H](CCCCN)NC(=O)c2ccc(-c3ccc(Cl)cc3)cc2)C(=O)N[C@@H](C)C(=O)N1)C(=O)CNC=O. The first-order chi connectivity index (χ1) is 29.6. The van der Waals surface area contributed by atoms with Gasteiger partial charge in [0.05, 0.1) is 12.6 Å². The normalized spacial score (nSPS) is 17.2. The molecule has 62 heavy (non-hydrogen) atoms. The largest absolute Gasteiger partial charge is 0.507 e. The number of amides is 6. The molecule has 0 spiro atoms. The van der Waals surface area contributed by atoms with Crippen molar-refractivity contribution in [3.05, 3.63) is 107 Å². The van der Waals surface area contributed by atoms with Gasteiger partial charge in [-0.15, -0.1) is 0 Å². The number of phenolic OH excluding ortho intramolecular Hbond substituents is 2. The van der Waals surface area contributed by atoms with Crippen molar-refractivity contribution in [2.24, 2.45) is 5.73 Å². The average Bonchev–Trinajstić information content (AvgIpc) is 3.25. The Bertz CT molecular complexity index is 2310. The monoisotopic (exact) mass is 867 g/mol. The minimum absolute atomic E-state index is 0.0902. The van der Waals surface area contributed by atoms with Crippen LogP contribution in [0.3, 0.4) is 0 Å². The summed E-state index contributed by atoms with van der Waals surface area (Å²) in [6, 6.07) is 16.4. The predicted octanol–water partition coefficient (Wildman–Crippen LogP) is 2.88. The molecular formula is C45H50ClN7O9. The fourth-order valence-corrected chi connectivity index (χ4v) is 7.15. The number of halogens is 1. The molecule has 0 unspecified atom stereocenters. The second-order valence-corrected chi connectivity index (χ2v) is 15.5. The van der Waals surface area contributed by atoms with Crippen LogP contribution in [0.25, 0.3) is 22.3 Å². The average molecular weight is 868 g/mol. The van der Waals surface area contributed by atoms with E-state index in [0.717, 1.165) is 16.0 Å². The van der Waals surface area contributed by atoms with Crippen LogP contribution in [0.15, 0.2) is 84.9 Å². The lowest BCUT2D eigenvalue weighted by atomic mass is 9.93. The molecule has 1 heterocycles. The Balaban J connectivity index is 1.48. The summed E-state index contributed by atoms with van der Waals surface area (Å²) in [5, 5.41) is 35.6. The molecule has 5 atom stereocenters. The molecule has 4 aromatic rings. The molecule has 9 N–H and O–H groups in total. The van der Waals surface area contributed by atoms with Crippen molar-refractivity contribution < 1.29 is 43.8 Å². The highest BCUT2D eigenvalue weighted by molar-refractivity contribution is 6.30. The number of fused-ring (bicyclic) bond motifs is 5. The van der Waals surface area contributed by atoms with Gasteiger partial charge in [-0.3, -0.25) is 33.6 Å². The number of rotatable bonds is 15. The molecule has 0 aromatic heterocycles. The quantitative estimate of drug-likeness (QED) is 0.0641. The van der Waals surface area contributed by atoms with Crippen LogP contribution >= 0.6 is 11.6 Å². The van der Waals surface area contributed by atoms with Gasteiger partial charge in [-0.05, 0) is 110 Å². The first-order valence-electron chi connectivity index (χ1n) is 20.0. The molecule has 0 aliphatic carbocycles. The molecular weight excluding hydrogens is 818 g/mol. The van der Waals surface area contributed by atoms with Crippen molar-refractivity contribution in [3.63, 3.8) is 0 Å². The van der Waals surface area contributed by atoms with E-state index in [2.05, 4.69) is 26.6 Å². The number of ketones is 1. The van der Waals surface area contributed by atoms with Gasteiger partial charge in [0, 0.05) is 35.2 Å². The van der Waals surface area contributed by atoms with Crippen LogP contribution in [0.5, 0.6) is 11.5 Å². The van der Waals surface area contributed by atoms with E-state index in [1.54, 1.807) is 36.4 Å². The number of hydrogen-bond acceptors (Lipinski definition) is 10. The molecule has 1 aliphatic rings. The molecule has 1 aliphatic heterocycles. The number of phenols is 2. The maximum absolute atomic E-state index is 14.5. The molecule has 17 heteroatoms. The standard InChI is InChI=1S/C45H50ClN7O9/c1-25(39(57)23-48-24-54)49-43(60)36-21-27-7-17-37(55)33(20-27)34-22-31(14-18-38(34)56)40(44(61)50-26(2)41(58)52-36)53(3)45(62)35(6-4-5-19-47)51-42(59)30-10-8-28(9-11-30)29-12-15-32(46)16-13-29/h7-18,20,22,24-26,35-36,40,55-56H,4-6,19,21,23,47H2,1-3H3,(H,48,54)(H,49,60)(H,50,61)(H,51,59)(H,52,58)/t25-,26-,35-,36-,40-/m0/s1. The van der Waals surface area contributed by atoms with E-state index < -0.39 is 65.5 Å². The lowest BCUT2D eigenvalue weighted by Gasteiger charge is -2.32. The Hall–Kier alpha value is -6.78. The number of nitrogens with zero attached hydrogens (tertiary/aromatic N) is 1. The van der Waals surface area contributed by atoms with E-state index in [4.69, 9.17) is 17.3 Å². The number of hydrogen-bond donors (Lipinski definition) is 8. The van der Waals surface area contributed by atoms with Gasteiger partial charge in [0.2, 0.25) is 30.0 Å². The topological polar surface area (TPSA) is 249 Å². The van der Waals surface area contributed by atoms with Crippen LogP contribution in [-0.4, -0.2) is 101 Å². The Labute approximate surface area is 363 Å². The molecule has 326 valence electrons. The van der Waals surface area contributed by atoms with Crippen LogP contribution in [-0.2, 0) is 35.2 Å². The molecule has 0 saturated carbocycles. The molecule has 16 nitrogen and oxygen atoms in total. The number of likely N-dealkylation sites (N-methyl/N-ethyl adjacent to an activating group) is 1. The van der Waals surface area contributed by atoms with E-state index in [-0.39, 0.29) is 53.1 Å². The summed E-state index contributed by atoms with van der Waals surface area (Å²) in [7, 11) is 1.38. The summed E-state index contributed by atoms with van der Waals surface area (Å²) in [5.41, 5.74) is 8.63. The number of carbonyl (C=O) groups is 7. The maximum atomic E-state index is 14.5. The van der Waals surface area contributed by atoms with E-state index in [9.17, 15) is 43.8 Å². The van der Waals surface area contributed by atoms with Crippen molar-refractivity contribution in [2.45, 2.75) is 69.7 Å². The van der Waals surface area contributed by atoms with Crippen LogP contribution in [0.2, 0.25) is 5.02 Å². The Morgan fingerprint density at radius 3 is 2.15 bits per heavy atom. The van der Waals surface area contributed by atoms with Crippen LogP contribution < -0.4 is 32.3 Å². The second kappa shape index (κ2) is 21.1. The fraction of sp³-hybridized carbons (Fsp3) is 0.311. The third kappa shape index (κ3) is 11.5. The molecule has 6 amide bonds. The number of Topliss-reactive ketones (excluding diaryl/α,β-unsaturated/α-hetero) is 1. The highest BCUT2D eigenvalue weighted by atomic mass is 35.5. The molecule has 0 saturated heterocycles. The first-order valence-corrected chi connectivity index (χ1v) is 20.4. The lowest BCUT2D eigenvalue weighted by Crippen LogP contribution is -2.57. The van der Waals surface area contributed by atoms with Gasteiger partial charge < -0.3 is 47.4 Å². The van der Waals surface area contributed by atoms with Crippen LogP contribution in [0.4, 0.5) is 0 Å². The Kier molecular flexibility index (Phi) is 15.8. The second-order valence-electron chi connectivity index (χ2n) is 15.1. The Morgan fingerprint density at radius 2 is 1.50 bits per heavy atom. The lowest BCUT2D eigenvalue weighted by molar-refractivity contribution is -0.141. The minimum Gasteiger partial charge on any atom is -0.507 e. The van der Waals surface area contributed by atoms with Gasteiger partial charge in [-0.2, -0.15) is 0 Å². The van der Waals surface area contributed by atoms with Crippen molar-refractivity contribution in [3.8, 4) is 33.8 Å². The zero-order valence-electron chi connectivity index (χ0n) is 34.4. The van der Waals surface area contributed by atoms with Gasteiger partial charge in [-0.1, -0.05) is 48.0 Å². The third-order valence-electron chi connectivity index (χ3n) is 10.6. The first kappa shape index (κ1) is 46.3. The summed E-state index contributed by atoms with van der Waals surface area (Å²) in [5.74, 6) is -4.56. The molecule has 4 bridgehead atoms. The highest BCUT2D eigenvalue weighted by Gasteiger charge is 2.36. The summed E-state index contributed by atoms with van der Waals surface area (Å²) in [4.78, 5) is 94.3. The fourth-order valence-electron chi connectivity index (χ4n) is 7.03. The zero-order chi connectivity index (χ0) is 45.1. The summed E-state index contributed by atoms with van der Waals surface area (Å²) in [6.07, 6.45) is 1.39. The van der Waals surface area contributed by atoms with Crippen molar-refractivity contribution in [1.29, 1.82) is 0 Å². The van der Waals surface area contributed by atoms with Gasteiger partial charge >= 0.3 is 0 Å². The van der Waals surface area contributed by atoms with Crippen molar-refractivity contribution in [2.75, 3.05) is 20.1 Å². The molecule has 5 rings (SSSR count). The molecule has 0 fully saturated rings. The smallest absolute Gasteiger partial charge is 0.251 e. The van der Waals surface area contributed by atoms with Crippen molar-refractivity contribution in [1.82, 2.24) is 31.5 Å². The summed E-state index contributed by atoms with van der Waals surface area (Å²) < 4.78 is 0. The number of carbonyl (C=O) groups excluding carboxylic acids is 7. The predicted molar refractivity (Wildman–Crippen MR) is 232 cm³/mol. The van der Waals surface area contributed by atoms with Gasteiger partial charge in [0.1, 0.15) is 35.7 Å². The zero-order valence-corrected chi connectivity index (χ0v) is 35.2. The third-order valence-corrected chi connectivity index (χ3v) is 10.8. The number of aromatic hydroxyl groups is 2. The van der Waals surface area contributed by atoms with Gasteiger partial charge in [0.15, 0.2) is 5.78 Å². The van der Waals surface area contributed by atoms with Gasteiger partial charge in [-0.25, -0.2) is 0 Å². The number of unbranched alkanes of at least 4 members (excludes halogenated alkanes) is 1. The van der Waals surface area contributed by atoms with E-state index >= 15 is 0 Å². The molecule has 4 aromatic carbocycles. The Morgan fingerprint density at radius 1 is 0.871 bits per heavy atom. The molecule has 0 radical (unpaired) electrons. The highest BCUT2D eigenvalue weighted by Crippen LogP contribution is 2.39. The summed E-state index contributed by atoms with van der Waals surface area (Å²) >= 11 is 6.04. The van der Waals surface area contributed by atoms with Crippen LogP contribution in [0, 0.1) is 0 Å². The maximum Gasteiger partial charge on any atom is 0.251 e. The van der Waals surface area contributed by atoms with E-state index in [0.29, 0.717) is 36.4 Å². The minimum atomic E-state index is -1.45.